The molecule has 0 aliphatic heterocycles. The summed E-state index contributed by atoms with van der Waals surface area (Å²) in [5.74, 6) is -0.417. The van der Waals surface area contributed by atoms with Crippen LogP contribution in [0.3, 0.4) is 0 Å². The highest BCUT2D eigenvalue weighted by Crippen LogP contribution is 2.21. The molecule has 138 valence electrons. The van der Waals surface area contributed by atoms with E-state index in [1.165, 1.54) is 0 Å². The average Bonchev–Trinajstić information content (AvgIpc) is 3.06. The van der Waals surface area contributed by atoms with E-state index >= 15 is 0 Å². The number of nitrogens with zero attached hydrogens (tertiary/aromatic N) is 3. The summed E-state index contributed by atoms with van der Waals surface area (Å²) in [7, 11) is 0. The van der Waals surface area contributed by atoms with Crippen molar-refractivity contribution in [2.45, 2.75) is 13.8 Å². The molecule has 0 saturated carbocycles. The van der Waals surface area contributed by atoms with E-state index in [9.17, 15) is 9.59 Å². The number of nitrogens with one attached hydrogen (secondary N) is 1. The Morgan fingerprint density at radius 3 is 2.78 bits per heavy atom. The molecule has 0 saturated heterocycles. The number of anilines is 1. The van der Waals surface area contributed by atoms with Crippen LogP contribution in [-0.2, 0) is 0 Å². The van der Waals surface area contributed by atoms with Gasteiger partial charge in [0, 0.05) is 25.0 Å². The lowest BCUT2D eigenvalue weighted by Gasteiger charge is -2.20. The van der Waals surface area contributed by atoms with Gasteiger partial charge >= 0.3 is 0 Å². The number of imidazole rings is 1. The molecule has 1 N–H and O–H groups in total. The summed E-state index contributed by atoms with van der Waals surface area (Å²) in [6.45, 7) is 8.31. The second-order valence-corrected chi connectivity index (χ2v) is 6.13. The van der Waals surface area contributed by atoms with Crippen LogP contribution in [0.1, 0.15) is 33.6 Å². The molecular formula is C21H22N4O2. The summed E-state index contributed by atoms with van der Waals surface area (Å²) >= 11 is 0. The van der Waals surface area contributed by atoms with Gasteiger partial charge in [0.05, 0.1) is 5.52 Å². The highest BCUT2D eigenvalue weighted by atomic mass is 16.2. The van der Waals surface area contributed by atoms with Crippen LogP contribution >= 0.6 is 0 Å². The van der Waals surface area contributed by atoms with Crippen LogP contribution in [0.5, 0.6) is 0 Å². The Morgan fingerprint density at radius 2 is 2.07 bits per heavy atom. The fourth-order valence-electron chi connectivity index (χ4n) is 2.97. The fourth-order valence-corrected chi connectivity index (χ4v) is 2.97. The molecule has 2 aromatic heterocycles. The molecule has 0 fully saturated rings. The molecule has 0 spiro atoms. The van der Waals surface area contributed by atoms with Crippen molar-refractivity contribution < 1.29 is 9.59 Å². The first kappa shape index (κ1) is 18.4. The summed E-state index contributed by atoms with van der Waals surface area (Å²) < 4.78 is 1.63. The number of carbonyl (C=O) groups is 2. The summed E-state index contributed by atoms with van der Waals surface area (Å²) in [6, 6.07) is 13.2. The molecule has 27 heavy (non-hydrogen) atoms. The van der Waals surface area contributed by atoms with E-state index in [0.717, 1.165) is 11.3 Å². The van der Waals surface area contributed by atoms with E-state index in [2.05, 4.69) is 16.9 Å². The summed E-state index contributed by atoms with van der Waals surface area (Å²) in [5, 5.41) is 2.71. The normalized spacial score (nSPS) is 10.6. The number of hydrogen-bond acceptors (Lipinski definition) is 3. The monoisotopic (exact) mass is 362 g/mol. The number of hydrogen-bond donors (Lipinski definition) is 1. The zero-order valence-electron chi connectivity index (χ0n) is 15.5. The first-order valence-electron chi connectivity index (χ1n) is 8.81. The number of amides is 2. The zero-order valence-corrected chi connectivity index (χ0v) is 15.5. The van der Waals surface area contributed by atoms with Crippen molar-refractivity contribution in [3.05, 3.63) is 78.4 Å². The Labute approximate surface area is 158 Å². The van der Waals surface area contributed by atoms with Crippen LogP contribution in [-0.4, -0.2) is 34.3 Å². The molecule has 3 rings (SSSR count). The van der Waals surface area contributed by atoms with Crippen LogP contribution in [0, 0.1) is 6.92 Å². The molecule has 1 aromatic carbocycles. The van der Waals surface area contributed by atoms with Crippen molar-refractivity contribution in [2.75, 3.05) is 18.0 Å². The molecule has 3 aromatic rings. The first-order chi connectivity index (χ1) is 13.1. The highest BCUT2D eigenvalue weighted by molar-refractivity contribution is 6.10. The molecule has 0 bridgehead atoms. The minimum atomic E-state index is -0.353. The van der Waals surface area contributed by atoms with E-state index in [0.29, 0.717) is 18.6 Å². The lowest BCUT2D eigenvalue weighted by molar-refractivity contribution is 0.0947. The Morgan fingerprint density at radius 1 is 1.26 bits per heavy atom. The predicted molar refractivity (Wildman–Crippen MR) is 106 cm³/mol. The predicted octanol–water partition coefficient (Wildman–Crippen LogP) is 3.23. The molecule has 0 aliphatic carbocycles. The maximum Gasteiger partial charge on any atom is 0.287 e. The van der Waals surface area contributed by atoms with Crippen LogP contribution in [0.4, 0.5) is 5.69 Å². The van der Waals surface area contributed by atoms with E-state index in [1.54, 1.807) is 33.7 Å². The second kappa shape index (κ2) is 7.86. The van der Waals surface area contributed by atoms with Gasteiger partial charge in [-0.3, -0.25) is 14.0 Å². The average molecular weight is 362 g/mol. The zero-order chi connectivity index (χ0) is 19.4. The quantitative estimate of drug-likeness (QED) is 0.685. The summed E-state index contributed by atoms with van der Waals surface area (Å²) in [5.41, 5.74) is 2.72. The van der Waals surface area contributed by atoms with Gasteiger partial charge in [0.2, 0.25) is 5.82 Å². The lowest BCUT2D eigenvalue weighted by Crippen LogP contribution is -2.31. The SMILES string of the molecule is C=CCNC(=O)c1nc(C(=O)N(CC)c2cccc(C)c2)c2ccccn12. The number of pyridine rings is 1. The Balaban J connectivity index is 2.06. The van der Waals surface area contributed by atoms with Crippen molar-refractivity contribution in [2.24, 2.45) is 0 Å². The van der Waals surface area contributed by atoms with E-state index in [-0.39, 0.29) is 23.3 Å². The van der Waals surface area contributed by atoms with Gasteiger partial charge in [-0.2, -0.15) is 0 Å². The van der Waals surface area contributed by atoms with Gasteiger partial charge in [-0.25, -0.2) is 4.98 Å². The smallest absolute Gasteiger partial charge is 0.287 e. The van der Waals surface area contributed by atoms with Crippen LogP contribution < -0.4 is 10.2 Å². The Hall–Kier alpha value is -3.41. The fraction of sp³-hybridized carbons (Fsp3) is 0.190. The van der Waals surface area contributed by atoms with Crippen LogP contribution in [0.15, 0.2) is 61.3 Å². The van der Waals surface area contributed by atoms with Gasteiger partial charge in [0.25, 0.3) is 11.8 Å². The lowest BCUT2D eigenvalue weighted by atomic mass is 10.2. The van der Waals surface area contributed by atoms with E-state index in [4.69, 9.17) is 0 Å². The third-order valence-electron chi connectivity index (χ3n) is 4.24. The minimum Gasteiger partial charge on any atom is -0.346 e. The van der Waals surface area contributed by atoms with E-state index in [1.807, 2.05) is 44.2 Å². The highest BCUT2D eigenvalue weighted by Gasteiger charge is 2.25. The van der Waals surface area contributed by atoms with Gasteiger partial charge < -0.3 is 10.2 Å². The standard InChI is InChI=1S/C21H22N4O2/c1-4-12-22-20(26)19-23-18(17-11-6-7-13-25(17)19)21(27)24(5-2)16-10-8-9-15(3)14-16/h4,6-11,13-14H,1,5,12H2,2-3H3,(H,22,26). The third-order valence-corrected chi connectivity index (χ3v) is 4.24. The van der Waals surface area contributed by atoms with Gasteiger partial charge in [-0.1, -0.05) is 24.3 Å². The minimum absolute atomic E-state index is 0.177. The molecule has 0 atom stereocenters. The maximum absolute atomic E-state index is 13.3. The number of aryl methyl sites for hydroxylation is 1. The number of benzene rings is 1. The molecule has 0 radical (unpaired) electrons. The maximum atomic E-state index is 13.3. The molecule has 6 nitrogen and oxygen atoms in total. The number of fused-ring (bicyclic) bond motifs is 1. The second-order valence-electron chi connectivity index (χ2n) is 6.13. The van der Waals surface area contributed by atoms with Gasteiger partial charge in [0.1, 0.15) is 0 Å². The summed E-state index contributed by atoms with van der Waals surface area (Å²) in [4.78, 5) is 31.7. The largest absolute Gasteiger partial charge is 0.346 e. The van der Waals surface area contributed by atoms with Gasteiger partial charge in [0.15, 0.2) is 5.69 Å². The van der Waals surface area contributed by atoms with Crippen molar-refractivity contribution >= 4 is 23.0 Å². The first-order valence-corrected chi connectivity index (χ1v) is 8.81. The molecule has 6 heteroatoms. The van der Waals surface area contributed by atoms with Crippen molar-refractivity contribution in [3.63, 3.8) is 0 Å². The molecule has 0 unspecified atom stereocenters. The molecule has 2 amide bonds. The topological polar surface area (TPSA) is 66.7 Å². The molecule has 2 heterocycles. The third kappa shape index (κ3) is 3.60. The Kier molecular flexibility index (Phi) is 5.35. The summed E-state index contributed by atoms with van der Waals surface area (Å²) in [6.07, 6.45) is 3.32. The van der Waals surface area contributed by atoms with Gasteiger partial charge in [-0.05, 0) is 43.7 Å². The van der Waals surface area contributed by atoms with Gasteiger partial charge in [-0.15, -0.1) is 6.58 Å². The van der Waals surface area contributed by atoms with Crippen molar-refractivity contribution in [3.8, 4) is 0 Å². The van der Waals surface area contributed by atoms with E-state index < -0.39 is 0 Å². The Bertz CT molecular complexity index is 1010. The van der Waals surface area contributed by atoms with Crippen LogP contribution in [0.25, 0.3) is 5.52 Å². The number of carbonyl (C=O) groups excluding carboxylic acids is 2. The van der Waals surface area contributed by atoms with Crippen molar-refractivity contribution in [1.82, 2.24) is 14.7 Å². The number of rotatable bonds is 6. The van der Waals surface area contributed by atoms with Crippen molar-refractivity contribution in [1.29, 1.82) is 0 Å². The molecule has 0 aliphatic rings. The van der Waals surface area contributed by atoms with Crippen LogP contribution in [0.2, 0.25) is 0 Å². The number of aromatic nitrogens is 2. The molecular weight excluding hydrogens is 340 g/mol.